The van der Waals surface area contributed by atoms with Crippen molar-refractivity contribution in [3.8, 4) is 11.1 Å². The summed E-state index contributed by atoms with van der Waals surface area (Å²) in [5.41, 5.74) is 9.82. The molecule has 0 amide bonds. The van der Waals surface area contributed by atoms with Crippen LogP contribution < -0.4 is 0 Å². The van der Waals surface area contributed by atoms with Crippen molar-refractivity contribution in [2.24, 2.45) is 0 Å². The second kappa shape index (κ2) is 10.4. The van der Waals surface area contributed by atoms with Crippen LogP contribution >= 0.6 is 0 Å². The number of aryl methyl sites for hydroxylation is 1. The molecular formula is C34H31NO2S. The van der Waals surface area contributed by atoms with Crippen LogP contribution in [-0.2, 0) is 9.84 Å². The lowest BCUT2D eigenvalue weighted by molar-refractivity contribution is 0.602. The zero-order chi connectivity index (χ0) is 26.9. The third kappa shape index (κ3) is 5.46. The van der Waals surface area contributed by atoms with E-state index in [0.29, 0.717) is 10.8 Å². The number of nitrogens with zero attached hydrogens (tertiary/aromatic N) is 1. The molecule has 38 heavy (non-hydrogen) atoms. The Bertz CT molecular complexity index is 1750. The van der Waals surface area contributed by atoms with Gasteiger partial charge in [-0.15, -0.1) is 0 Å². The monoisotopic (exact) mass is 517 g/mol. The lowest BCUT2D eigenvalue weighted by atomic mass is 9.92. The van der Waals surface area contributed by atoms with Crippen LogP contribution in [0.3, 0.4) is 0 Å². The van der Waals surface area contributed by atoms with Gasteiger partial charge in [0.25, 0.3) is 0 Å². The first-order chi connectivity index (χ1) is 18.2. The molecule has 0 unspecified atom stereocenters. The van der Waals surface area contributed by atoms with Gasteiger partial charge in [-0.1, -0.05) is 80.1 Å². The minimum atomic E-state index is -3.26. The molecule has 4 heteroatoms. The Labute approximate surface area is 225 Å². The van der Waals surface area contributed by atoms with E-state index in [2.05, 4.69) is 93.6 Å². The van der Waals surface area contributed by atoms with Crippen LogP contribution in [0.4, 0.5) is 0 Å². The molecule has 0 spiro atoms. The Morgan fingerprint density at radius 2 is 1.50 bits per heavy atom. The summed E-state index contributed by atoms with van der Waals surface area (Å²) in [6, 6.07) is 32.7. The number of pyridine rings is 1. The van der Waals surface area contributed by atoms with E-state index in [-0.39, 0.29) is 0 Å². The predicted molar refractivity (Wildman–Crippen MR) is 159 cm³/mol. The van der Waals surface area contributed by atoms with E-state index in [4.69, 9.17) is 4.98 Å². The topological polar surface area (TPSA) is 47.0 Å². The zero-order valence-corrected chi connectivity index (χ0v) is 23.0. The lowest BCUT2D eigenvalue weighted by Crippen LogP contribution is -1.97. The van der Waals surface area contributed by atoms with E-state index in [1.165, 1.54) is 17.4 Å². The van der Waals surface area contributed by atoms with Crippen molar-refractivity contribution in [1.29, 1.82) is 0 Å². The molecule has 0 saturated carbocycles. The molecule has 3 nitrogen and oxygen atoms in total. The van der Waals surface area contributed by atoms with E-state index in [9.17, 15) is 8.42 Å². The Balaban J connectivity index is 1.66. The molecule has 0 aliphatic rings. The number of rotatable bonds is 6. The maximum atomic E-state index is 12.0. The fourth-order valence-corrected chi connectivity index (χ4v) is 5.31. The summed E-state index contributed by atoms with van der Waals surface area (Å²) in [6.07, 6.45) is 5.25. The summed E-state index contributed by atoms with van der Waals surface area (Å²) in [6.45, 7) is 6.49. The average molecular weight is 518 g/mol. The van der Waals surface area contributed by atoms with Crippen LogP contribution in [0.25, 0.3) is 33.7 Å². The van der Waals surface area contributed by atoms with Gasteiger partial charge in [0.15, 0.2) is 9.84 Å². The van der Waals surface area contributed by atoms with Crippen molar-refractivity contribution in [3.05, 3.63) is 131 Å². The van der Waals surface area contributed by atoms with Crippen LogP contribution in [0.5, 0.6) is 0 Å². The molecule has 0 saturated heterocycles. The highest BCUT2D eigenvalue weighted by molar-refractivity contribution is 7.90. The van der Waals surface area contributed by atoms with E-state index in [1.54, 1.807) is 12.1 Å². The van der Waals surface area contributed by atoms with Crippen molar-refractivity contribution in [3.63, 3.8) is 0 Å². The van der Waals surface area contributed by atoms with Gasteiger partial charge >= 0.3 is 0 Å². The zero-order valence-electron chi connectivity index (χ0n) is 22.1. The first-order valence-corrected chi connectivity index (χ1v) is 14.7. The molecule has 0 aliphatic heterocycles. The van der Waals surface area contributed by atoms with Gasteiger partial charge in [-0.05, 0) is 88.7 Å². The number of benzene rings is 4. The van der Waals surface area contributed by atoms with Crippen molar-refractivity contribution in [1.82, 2.24) is 4.98 Å². The van der Waals surface area contributed by atoms with Gasteiger partial charge in [0, 0.05) is 23.4 Å². The standard InChI is InChI=1S/C34H31NO2S/c1-23(2)30-21-29-9-6-18-35-34(29)33(22-30)28-8-5-7-25(19-28)20-32(26-12-10-24(3)11-13-26)27-14-16-31(17-15-27)38(4,36)37/h5-23H,1-4H3/b32-20+. The summed E-state index contributed by atoms with van der Waals surface area (Å²) >= 11 is 0. The fraction of sp³-hybridized carbons (Fsp3) is 0.147. The Morgan fingerprint density at radius 1 is 0.816 bits per heavy atom. The third-order valence-electron chi connectivity index (χ3n) is 6.86. The summed E-state index contributed by atoms with van der Waals surface area (Å²) < 4.78 is 24.0. The number of hydrogen-bond acceptors (Lipinski definition) is 3. The molecule has 5 rings (SSSR count). The predicted octanol–water partition coefficient (Wildman–Crippen LogP) is 8.33. The van der Waals surface area contributed by atoms with Gasteiger partial charge in [0.05, 0.1) is 10.4 Å². The second-order valence-corrected chi connectivity index (χ2v) is 12.2. The van der Waals surface area contributed by atoms with Gasteiger partial charge in [-0.2, -0.15) is 0 Å². The van der Waals surface area contributed by atoms with Crippen molar-refractivity contribution < 1.29 is 8.42 Å². The van der Waals surface area contributed by atoms with Crippen LogP contribution in [-0.4, -0.2) is 19.7 Å². The Morgan fingerprint density at radius 3 is 2.16 bits per heavy atom. The molecular weight excluding hydrogens is 486 g/mol. The van der Waals surface area contributed by atoms with Gasteiger partial charge < -0.3 is 0 Å². The summed E-state index contributed by atoms with van der Waals surface area (Å²) in [7, 11) is -3.26. The van der Waals surface area contributed by atoms with E-state index < -0.39 is 9.84 Å². The van der Waals surface area contributed by atoms with Crippen LogP contribution in [0.2, 0.25) is 0 Å². The lowest BCUT2D eigenvalue weighted by Gasteiger charge is -2.14. The van der Waals surface area contributed by atoms with E-state index in [0.717, 1.165) is 44.3 Å². The quantitative estimate of drug-likeness (QED) is 0.213. The molecule has 0 fully saturated rings. The number of fused-ring (bicyclic) bond motifs is 1. The van der Waals surface area contributed by atoms with Crippen LogP contribution in [0.1, 0.15) is 47.6 Å². The highest BCUT2D eigenvalue weighted by atomic mass is 32.2. The summed E-state index contributed by atoms with van der Waals surface area (Å²) in [5, 5.41) is 1.14. The van der Waals surface area contributed by atoms with E-state index >= 15 is 0 Å². The average Bonchev–Trinajstić information content (AvgIpc) is 2.91. The molecule has 0 bridgehead atoms. The fourth-order valence-electron chi connectivity index (χ4n) is 4.68. The molecule has 1 aromatic heterocycles. The molecule has 5 aromatic rings. The highest BCUT2D eigenvalue weighted by Gasteiger charge is 2.12. The molecule has 4 aromatic carbocycles. The minimum Gasteiger partial charge on any atom is -0.256 e. The molecule has 0 aliphatic carbocycles. The number of sulfone groups is 1. The first-order valence-electron chi connectivity index (χ1n) is 12.8. The smallest absolute Gasteiger partial charge is 0.175 e. The number of aromatic nitrogens is 1. The summed E-state index contributed by atoms with van der Waals surface area (Å²) in [4.78, 5) is 5.03. The van der Waals surface area contributed by atoms with Gasteiger partial charge in [-0.25, -0.2) is 8.42 Å². The largest absolute Gasteiger partial charge is 0.256 e. The highest BCUT2D eigenvalue weighted by Crippen LogP contribution is 2.33. The molecule has 190 valence electrons. The van der Waals surface area contributed by atoms with Crippen molar-refractivity contribution in [2.75, 3.05) is 6.26 Å². The maximum absolute atomic E-state index is 12.0. The molecule has 0 N–H and O–H groups in total. The molecule has 0 radical (unpaired) electrons. The molecule has 1 heterocycles. The van der Waals surface area contributed by atoms with Crippen LogP contribution in [0.15, 0.2) is 108 Å². The van der Waals surface area contributed by atoms with E-state index in [1.807, 2.05) is 24.4 Å². The van der Waals surface area contributed by atoms with Crippen LogP contribution in [0, 0.1) is 6.92 Å². The Kier molecular flexibility index (Phi) is 7.00. The SMILES string of the molecule is Cc1ccc(/C(=C\c2cccc(-c3cc(C(C)C)cc4cccnc34)c2)c2ccc(S(C)(=O)=O)cc2)cc1. The molecule has 0 atom stereocenters. The van der Waals surface area contributed by atoms with Gasteiger partial charge in [-0.3, -0.25) is 4.98 Å². The maximum Gasteiger partial charge on any atom is 0.175 e. The first kappa shape index (κ1) is 25.6. The van der Waals surface area contributed by atoms with Crippen molar-refractivity contribution >= 4 is 32.4 Å². The van der Waals surface area contributed by atoms with Gasteiger partial charge in [0.1, 0.15) is 0 Å². The normalized spacial score (nSPS) is 12.3. The van der Waals surface area contributed by atoms with Crippen molar-refractivity contribution in [2.45, 2.75) is 31.6 Å². The summed E-state index contributed by atoms with van der Waals surface area (Å²) in [5.74, 6) is 0.407. The Hall–Kier alpha value is -4.02. The number of hydrogen-bond donors (Lipinski definition) is 0. The minimum absolute atomic E-state index is 0.316. The second-order valence-electron chi connectivity index (χ2n) is 10.1. The third-order valence-corrected chi connectivity index (χ3v) is 7.99. The van der Waals surface area contributed by atoms with Gasteiger partial charge in [0.2, 0.25) is 0 Å².